The first-order chi connectivity index (χ1) is 20.3. The van der Waals surface area contributed by atoms with E-state index in [0.29, 0.717) is 18.7 Å². The number of carboxylic acids is 3. The van der Waals surface area contributed by atoms with Crippen LogP contribution < -0.4 is 5.69 Å². The number of carboxylic acid groups (broad SMARTS) is 3. The first kappa shape index (κ1) is 32.7. The average Bonchev–Trinajstić information content (AvgIpc) is 3.52. The summed E-state index contributed by atoms with van der Waals surface area (Å²) in [5.41, 5.74) is 0.829. The number of carbonyl (C=O) groups is 3. The summed E-state index contributed by atoms with van der Waals surface area (Å²) in [6.45, 7) is 2.89. The normalized spacial score (nSPS) is 11.4. The summed E-state index contributed by atoms with van der Waals surface area (Å²) >= 11 is 0. The lowest BCUT2D eigenvalue weighted by Crippen LogP contribution is -2.42. The van der Waals surface area contributed by atoms with Gasteiger partial charge in [0.25, 0.3) is 0 Å². The molecule has 0 radical (unpaired) electrons. The third-order valence-corrected chi connectivity index (χ3v) is 6.83. The summed E-state index contributed by atoms with van der Waals surface area (Å²) in [5.74, 6) is -5.20. The molecule has 4 N–H and O–H groups in total. The van der Waals surface area contributed by atoms with Crippen LogP contribution in [0.25, 0.3) is 11.0 Å². The Hall–Kier alpha value is -4.82. The zero-order valence-corrected chi connectivity index (χ0v) is 23.8. The fourth-order valence-electron chi connectivity index (χ4n) is 4.60. The second-order valence-corrected chi connectivity index (χ2v) is 10.2. The summed E-state index contributed by atoms with van der Waals surface area (Å²) in [6.07, 6.45) is 4.17. The molecule has 0 aliphatic carbocycles. The topological polar surface area (TPSA) is 180 Å². The first-order valence-corrected chi connectivity index (χ1v) is 13.3. The van der Waals surface area contributed by atoms with Crippen molar-refractivity contribution >= 4 is 28.9 Å². The van der Waals surface area contributed by atoms with Crippen LogP contribution in [0.3, 0.4) is 0 Å². The number of fused-ring (bicyclic) bond motifs is 1. The van der Waals surface area contributed by atoms with Crippen molar-refractivity contribution in [1.82, 2.24) is 23.6 Å². The number of halogens is 1. The van der Waals surface area contributed by atoms with E-state index < -0.39 is 36.4 Å². The van der Waals surface area contributed by atoms with Gasteiger partial charge in [0.2, 0.25) is 0 Å². The van der Waals surface area contributed by atoms with Gasteiger partial charge in [-0.3, -0.25) is 23.6 Å². The van der Waals surface area contributed by atoms with Crippen LogP contribution in [0, 0.1) is 5.82 Å². The van der Waals surface area contributed by atoms with Crippen molar-refractivity contribution in [3.63, 3.8) is 0 Å². The van der Waals surface area contributed by atoms with E-state index in [4.69, 9.17) is 20.4 Å². The van der Waals surface area contributed by atoms with Crippen LogP contribution >= 0.6 is 0 Å². The molecule has 230 valence electrons. The molecular weight excluding hydrogens is 565 g/mol. The molecule has 4 rings (SSSR count). The maximum atomic E-state index is 14.3. The van der Waals surface area contributed by atoms with Gasteiger partial charge in [-0.05, 0) is 30.2 Å². The molecule has 0 aliphatic heterocycles. The molecule has 0 aliphatic rings. The zero-order chi connectivity index (χ0) is 31.7. The molecular formula is C29H34FN5O8. The highest BCUT2D eigenvalue weighted by atomic mass is 19.1. The van der Waals surface area contributed by atoms with Crippen LogP contribution in [0.15, 0.2) is 66.0 Å². The minimum atomic E-state index is -2.74. The largest absolute Gasteiger partial charge is 0.481 e. The average molecular weight is 600 g/mol. The number of aliphatic carboxylic acids is 3. The Morgan fingerprint density at radius 2 is 1.60 bits per heavy atom. The van der Waals surface area contributed by atoms with E-state index in [1.807, 2.05) is 41.4 Å². The Balaban J connectivity index is 0.000000331. The van der Waals surface area contributed by atoms with E-state index in [1.54, 1.807) is 35.5 Å². The molecule has 43 heavy (non-hydrogen) atoms. The van der Waals surface area contributed by atoms with E-state index in [1.165, 1.54) is 6.07 Å². The lowest BCUT2D eigenvalue weighted by Gasteiger charge is -2.23. The number of rotatable bonds is 13. The maximum absolute atomic E-state index is 14.3. The van der Waals surface area contributed by atoms with Crippen LogP contribution in [0.2, 0.25) is 0 Å². The van der Waals surface area contributed by atoms with Crippen LogP contribution in [0.1, 0.15) is 30.4 Å². The van der Waals surface area contributed by atoms with Crippen molar-refractivity contribution in [2.24, 2.45) is 14.1 Å². The van der Waals surface area contributed by atoms with E-state index >= 15 is 0 Å². The summed E-state index contributed by atoms with van der Waals surface area (Å²) in [5, 5.41) is 33.8. The lowest BCUT2D eigenvalue weighted by molar-refractivity contribution is -0.170. The number of nitrogens with zero attached hydrogens (tertiary/aromatic N) is 5. The Labute approximate surface area is 245 Å². The van der Waals surface area contributed by atoms with Gasteiger partial charge >= 0.3 is 23.6 Å². The molecule has 0 amide bonds. The fourth-order valence-corrected chi connectivity index (χ4v) is 4.60. The molecule has 2 aromatic heterocycles. The summed E-state index contributed by atoms with van der Waals surface area (Å²) in [6, 6.07) is 13.0. The highest BCUT2D eigenvalue weighted by Gasteiger charge is 2.40. The lowest BCUT2D eigenvalue weighted by atomic mass is 9.96. The molecule has 0 fully saturated rings. The Morgan fingerprint density at radius 3 is 2.19 bits per heavy atom. The molecule has 0 bridgehead atoms. The Kier molecular flexibility index (Phi) is 10.9. The van der Waals surface area contributed by atoms with Crippen molar-refractivity contribution in [3.05, 3.63) is 88.6 Å². The molecule has 0 atom stereocenters. The number of imidazole rings is 2. The molecule has 13 nitrogen and oxygen atoms in total. The van der Waals surface area contributed by atoms with Crippen molar-refractivity contribution in [3.8, 4) is 0 Å². The second-order valence-electron chi connectivity index (χ2n) is 10.2. The van der Waals surface area contributed by atoms with Gasteiger partial charge in [0.1, 0.15) is 5.82 Å². The number of aliphatic hydroxyl groups is 1. The van der Waals surface area contributed by atoms with Crippen molar-refractivity contribution < 1.29 is 39.2 Å². The smallest absolute Gasteiger partial charge is 0.336 e. The van der Waals surface area contributed by atoms with Gasteiger partial charge in [0.15, 0.2) is 5.60 Å². The third-order valence-electron chi connectivity index (χ3n) is 6.83. The van der Waals surface area contributed by atoms with Crippen LogP contribution in [0.5, 0.6) is 0 Å². The number of hydrogen-bond donors (Lipinski definition) is 4. The van der Waals surface area contributed by atoms with E-state index in [-0.39, 0.29) is 11.5 Å². The number of aryl methyl sites for hydroxylation is 3. The molecule has 2 heterocycles. The predicted molar refractivity (Wildman–Crippen MR) is 153 cm³/mol. The molecule has 0 unspecified atom stereocenters. The van der Waals surface area contributed by atoms with Crippen molar-refractivity contribution in [2.75, 3.05) is 6.54 Å². The molecule has 14 heteroatoms. The van der Waals surface area contributed by atoms with Crippen LogP contribution in [-0.4, -0.2) is 74.1 Å². The van der Waals surface area contributed by atoms with Gasteiger partial charge in [0.05, 0.1) is 30.2 Å². The highest BCUT2D eigenvalue weighted by molar-refractivity contribution is 5.88. The second kappa shape index (κ2) is 14.4. The van der Waals surface area contributed by atoms with Crippen molar-refractivity contribution in [2.45, 2.75) is 44.5 Å². The SMILES string of the molecule is Cn1c(=O)n(C)c2cc(CN(CCCn3ccnc3)Cc3ccccc3F)ccc21.O=C(O)CC(O)(CC(=O)O)C(=O)O. The summed E-state index contributed by atoms with van der Waals surface area (Å²) in [7, 11) is 3.57. The Bertz CT molecular complexity index is 1610. The third kappa shape index (κ3) is 8.83. The number of hydrogen-bond acceptors (Lipinski definition) is 7. The van der Waals surface area contributed by atoms with Gasteiger partial charge in [-0.2, -0.15) is 0 Å². The fraction of sp³-hybridized carbons (Fsp3) is 0.345. The van der Waals surface area contributed by atoms with E-state index in [0.717, 1.165) is 36.1 Å². The van der Waals surface area contributed by atoms with E-state index in [9.17, 15) is 23.6 Å². The number of aromatic nitrogens is 4. The quantitative estimate of drug-likeness (QED) is 0.178. The minimum Gasteiger partial charge on any atom is -0.481 e. The predicted octanol–water partition coefficient (Wildman–Crippen LogP) is 2.06. The number of benzene rings is 2. The molecule has 0 spiro atoms. The van der Waals surface area contributed by atoms with Crippen molar-refractivity contribution in [1.29, 1.82) is 0 Å². The van der Waals surface area contributed by atoms with Gasteiger partial charge in [-0.15, -0.1) is 0 Å². The molecule has 0 saturated carbocycles. The van der Waals surface area contributed by atoms with Gasteiger partial charge in [0, 0.05) is 58.2 Å². The van der Waals surface area contributed by atoms with Crippen LogP contribution in [-0.2, 0) is 48.1 Å². The Morgan fingerprint density at radius 1 is 0.953 bits per heavy atom. The summed E-state index contributed by atoms with van der Waals surface area (Å²) < 4.78 is 19.6. The standard InChI is InChI=1S/C23H26FN5O.C6H8O7/c1-26-21-9-8-18(14-22(21)27(2)23(26)30)15-29(12-5-11-28-13-10-25-17-28)16-19-6-3-4-7-20(19)24;7-3(8)1-6(13,5(11)12)2-4(9)10/h3-4,6-10,13-14,17H,5,11-12,15-16H2,1-2H3;13H,1-2H2,(H,7,8)(H,9,10)(H,11,12). The maximum Gasteiger partial charge on any atom is 0.336 e. The zero-order valence-electron chi connectivity index (χ0n) is 23.8. The van der Waals surface area contributed by atoms with Gasteiger partial charge in [-0.25, -0.2) is 19.0 Å². The highest BCUT2D eigenvalue weighted by Crippen LogP contribution is 2.18. The summed E-state index contributed by atoms with van der Waals surface area (Å²) in [4.78, 5) is 49.0. The van der Waals surface area contributed by atoms with Crippen LogP contribution in [0.4, 0.5) is 4.39 Å². The minimum absolute atomic E-state index is 0.0364. The molecule has 0 saturated heterocycles. The molecule has 2 aromatic carbocycles. The van der Waals surface area contributed by atoms with Gasteiger partial charge in [-0.1, -0.05) is 24.3 Å². The van der Waals surface area contributed by atoms with E-state index in [2.05, 4.69) is 16.0 Å². The monoisotopic (exact) mass is 599 g/mol. The first-order valence-electron chi connectivity index (χ1n) is 13.3. The van der Waals surface area contributed by atoms with Gasteiger partial charge < -0.3 is 25.0 Å². The molecule has 4 aromatic rings.